The number of nitrogens with one attached hydrogen (secondary N) is 1. The first-order chi connectivity index (χ1) is 14.5. The smallest absolute Gasteiger partial charge is 0.337 e. The first-order valence-corrected chi connectivity index (χ1v) is 11.8. The molecule has 1 aromatic heterocycles. The topological polar surface area (TPSA) is 104 Å². The van der Waals surface area contributed by atoms with Gasteiger partial charge < -0.3 is 15.2 Å². The van der Waals surface area contributed by atoms with E-state index in [4.69, 9.17) is 9.84 Å². The largest absolute Gasteiger partial charge is 0.481 e. The van der Waals surface area contributed by atoms with Crippen LogP contribution in [0.3, 0.4) is 0 Å². The Kier molecular flexibility index (Phi) is 8.23. The number of nitrogens with zero attached hydrogens (tertiary/aromatic N) is 3. The molecule has 11 heteroatoms. The highest BCUT2D eigenvalue weighted by molar-refractivity contribution is 7.99. The molecule has 0 aliphatic carbocycles. The summed E-state index contributed by atoms with van der Waals surface area (Å²) in [5, 5.41) is 14.7. The predicted molar refractivity (Wildman–Crippen MR) is 115 cm³/mol. The van der Waals surface area contributed by atoms with E-state index in [0.717, 1.165) is 0 Å². The number of aromatic nitrogens is 1. The number of alkyl halides is 1. The third-order valence-electron chi connectivity index (χ3n) is 4.84. The van der Waals surface area contributed by atoms with E-state index in [1.54, 1.807) is 13.1 Å². The van der Waals surface area contributed by atoms with Crippen molar-refractivity contribution < 1.29 is 23.8 Å². The summed E-state index contributed by atoms with van der Waals surface area (Å²) in [7, 11) is 0. The molecule has 0 aromatic carbocycles. The van der Waals surface area contributed by atoms with Gasteiger partial charge in [-0.1, -0.05) is 0 Å². The van der Waals surface area contributed by atoms with Gasteiger partial charge in [0.2, 0.25) is 0 Å². The van der Waals surface area contributed by atoms with Crippen molar-refractivity contribution in [2.24, 2.45) is 4.99 Å². The fraction of sp³-hybridized carbons (Fsp3) is 0.579. The van der Waals surface area contributed by atoms with Crippen molar-refractivity contribution in [2.45, 2.75) is 32.0 Å². The maximum Gasteiger partial charge on any atom is 0.337 e. The Labute approximate surface area is 182 Å². The van der Waals surface area contributed by atoms with Gasteiger partial charge in [-0.05, 0) is 19.8 Å². The van der Waals surface area contributed by atoms with Crippen LogP contribution in [0.4, 0.5) is 4.39 Å². The highest BCUT2D eigenvalue weighted by Gasteiger charge is 2.31. The molecule has 2 N–H and O–H groups in total. The number of piperidine rings is 1. The third kappa shape index (κ3) is 6.02. The number of carboxylic acid groups (broad SMARTS) is 1. The summed E-state index contributed by atoms with van der Waals surface area (Å²) in [6, 6.07) is 0.0290. The molecule has 1 aromatic rings. The molecule has 30 heavy (non-hydrogen) atoms. The zero-order valence-corrected chi connectivity index (χ0v) is 18.3. The summed E-state index contributed by atoms with van der Waals surface area (Å²) in [6.07, 6.45) is 1.83. The molecule has 0 amide bonds. The van der Waals surface area contributed by atoms with Crippen LogP contribution in [0.15, 0.2) is 27.8 Å². The van der Waals surface area contributed by atoms with E-state index in [2.05, 4.69) is 15.3 Å². The number of hydrogen-bond acceptors (Lipinski definition) is 9. The monoisotopic (exact) mass is 456 g/mol. The minimum Gasteiger partial charge on any atom is -0.481 e. The van der Waals surface area contributed by atoms with Crippen molar-refractivity contribution >= 4 is 40.9 Å². The van der Waals surface area contributed by atoms with Gasteiger partial charge in [0.25, 0.3) is 0 Å². The van der Waals surface area contributed by atoms with Crippen LogP contribution in [0.2, 0.25) is 0 Å². The van der Waals surface area contributed by atoms with E-state index in [1.807, 2.05) is 10.3 Å². The van der Waals surface area contributed by atoms with E-state index in [0.29, 0.717) is 47.3 Å². The Morgan fingerprint density at radius 3 is 3.00 bits per heavy atom. The van der Waals surface area contributed by atoms with Crippen LogP contribution >= 0.6 is 23.1 Å². The third-order valence-corrected chi connectivity index (χ3v) is 6.70. The molecular formula is C19H25FN4O4S2. The Morgan fingerprint density at radius 2 is 2.30 bits per heavy atom. The summed E-state index contributed by atoms with van der Waals surface area (Å²) in [5.74, 6) is -0.115. The van der Waals surface area contributed by atoms with Gasteiger partial charge in [-0.25, -0.2) is 14.2 Å². The number of esters is 1. The van der Waals surface area contributed by atoms with Gasteiger partial charge >= 0.3 is 11.9 Å². The number of aliphatic carboxylic acids is 1. The fourth-order valence-corrected chi connectivity index (χ4v) is 4.97. The molecule has 2 unspecified atom stereocenters. The van der Waals surface area contributed by atoms with Gasteiger partial charge in [0, 0.05) is 42.2 Å². The van der Waals surface area contributed by atoms with Crippen LogP contribution in [0.5, 0.6) is 0 Å². The maximum atomic E-state index is 14.2. The number of hydrogen-bond donors (Lipinski definition) is 2. The zero-order chi connectivity index (χ0) is 21.5. The molecule has 1 fully saturated rings. The summed E-state index contributed by atoms with van der Waals surface area (Å²) in [6.45, 7) is 2.73. The molecule has 0 radical (unpaired) electrons. The average Bonchev–Trinajstić information content (AvgIpc) is 3.24. The molecule has 2 aliphatic rings. The molecule has 3 heterocycles. The SMILES string of the molecule is CCOC(=O)C1=C(CN2CC(F)CCC2CSCC(=O)O)NC(c2nccs2)=NC1. The van der Waals surface area contributed by atoms with Crippen molar-refractivity contribution in [3.05, 3.63) is 27.9 Å². The van der Waals surface area contributed by atoms with Crippen LogP contribution < -0.4 is 5.32 Å². The normalized spacial score (nSPS) is 22.4. The van der Waals surface area contributed by atoms with Crippen molar-refractivity contribution in [3.63, 3.8) is 0 Å². The molecular weight excluding hydrogens is 431 g/mol. The zero-order valence-electron chi connectivity index (χ0n) is 16.7. The average molecular weight is 457 g/mol. The number of aliphatic imine (C=N–C) groups is 1. The van der Waals surface area contributed by atoms with Gasteiger partial charge in [0.05, 0.1) is 24.5 Å². The van der Waals surface area contributed by atoms with Crippen molar-refractivity contribution in [3.8, 4) is 0 Å². The lowest BCUT2D eigenvalue weighted by atomic mass is 10.0. The second kappa shape index (κ2) is 10.9. The number of carboxylic acids is 1. The Morgan fingerprint density at radius 1 is 1.47 bits per heavy atom. The molecule has 2 atom stereocenters. The van der Waals surface area contributed by atoms with E-state index in [9.17, 15) is 14.0 Å². The Balaban J connectivity index is 1.77. The van der Waals surface area contributed by atoms with E-state index < -0.39 is 18.1 Å². The highest BCUT2D eigenvalue weighted by atomic mass is 32.2. The number of amidine groups is 1. The van der Waals surface area contributed by atoms with Gasteiger partial charge in [-0.2, -0.15) is 0 Å². The lowest BCUT2D eigenvalue weighted by Gasteiger charge is -2.38. The lowest BCUT2D eigenvalue weighted by Crippen LogP contribution is -2.49. The van der Waals surface area contributed by atoms with Crippen LogP contribution in [-0.4, -0.2) is 82.7 Å². The summed E-state index contributed by atoms with van der Waals surface area (Å²) < 4.78 is 19.4. The van der Waals surface area contributed by atoms with Crippen LogP contribution in [0.25, 0.3) is 0 Å². The number of ether oxygens (including phenoxy) is 1. The first kappa shape index (κ1) is 22.7. The van der Waals surface area contributed by atoms with Gasteiger partial charge in [0.15, 0.2) is 10.8 Å². The molecule has 164 valence electrons. The minimum atomic E-state index is -0.951. The lowest BCUT2D eigenvalue weighted by molar-refractivity contribution is -0.138. The van der Waals surface area contributed by atoms with Crippen molar-refractivity contribution in [2.75, 3.05) is 37.7 Å². The summed E-state index contributed by atoms with van der Waals surface area (Å²) in [5.41, 5.74) is 1.06. The van der Waals surface area contributed by atoms with Crippen molar-refractivity contribution in [1.82, 2.24) is 15.2 Å². The van der Waals surface area contributed by atoms with Crippen LogP contribution in [0.1, 0.15) is 24.8 Å². The highest BCUT2D eigenvalue weighted by Crippen LogP contribution is 2.25. The number of rotatable bonds is 9. The van der Waals surface area contributed by atoms with E-state index in [-0.39, 0.29) is 31.5 Å². The van der Waals surface area contributed by atoms with Crippen LogP contribution in [-0.2, 0) is 14.3 Å². The number of likely N-dealkylation sites (tertiary alicyclic amines) is 1. The van der Waals surface area contributed by atoms with Crippen LogP contribution in [0, 0.1) is 0 Å². The van der Waals surface area contributed by atoms with Gasteiger partial charge in [0.1, 0.15) is 6.17 Å². The Bertz CT molecular complexity index is 815. The van der Waals surface area contributed by atoms with Crippen molar-refractivity contribution in [1.29, 1.82) is 0 Å². The van der Waals surface area contributed by atoms with Gasteiger partial charge in [-0.3, -0.25) is 14.7 Å². The standard InChI is InChI=1S/C19H25FN4O4S2/c1-2-28-19(27)14-7-22-17(18-21-5-6-30-18)23-15(14)9-24-8-12(20)3-4-13(24)10-29-11-16(25)26/h5-6,12-13H,2-4,7-11H2,1H3,(H,22,23)(H,25,26). The summed E-state index contributed by atoms with van der Waals surface area (Å²) >= 11 is 2.76. The quantitative estimate of drug-likeness (QED) is 0.544. The summed E-state index contributed by atoms with van der Waals surface area (Å²) in [4.78, 5) is 34.0. The maximum absolute atomic E-state index is 14.2. The molecule has 3 rings (SSSR count). The van der Waals surface area contributed by atoms with E-state index in [1.165, 1.54) is 23.1 Å². The first-order valence-electron chi connectivity index (χ1n) is 9.76. The number of carbonyl (C=O) groups excluding carboxylic acids is 1. The molecule has 0 saturated carbocycles. The number of thioether (sulfide) groups is 1. The molecule has 0 spiro atoms. The number of thiazole rings is 1. The minimum absolute atomic E-state index is 0.0132. The second-order valence-corrected chi connectivity index (χ2v) is 8.90. The molecule has 8 nitrogen and oxygen atoms in total. The fourth-order valence-electron chi connectivity index (χ4n) is 3.43. The molecule has 1 saturated heterocycles. The Hall–Kier alpha value is -1.98. The molecule has 0 bridgehead atoms. The number of halogens is 1. The van der Waals surface area contributed by atoms with E-state index >= 15 is 0 Å². The molecule has 2 aliphatic heterocycles. The second-order valence-electron chi connectivity index (χ2n) is 6.97. The predicted octanol–water partition coefficient (Wildman–Crippen LogP) is 1.93. The number of carbonyl (C=O) groups is 2. The van der Waals surface area contributed by atoms with Gasteiger partial charge in [-0.15, -0.1) is 23.1 Å².